The van der Waals surface area contributed by atoms with Gasteiger partial charge in [0.25, 0.3) is 0 Å². The summed E-state index contributed by atoms with van der Waals surface area (Å²) >= 11 is 0. The van der Waals surface area contributed by atoms with Crippen LogP contribution in [0.4, 0.5) is 0 Å². The Labute approximate surface area is 118 Å². The molecule has 1 saturated heterocycles. The van der Waals surface area contributed by atoms with Gasteiger partial charge in [0, 0.05) is 31.8 Å². The summed E-state index contributed by atoms with van der Waals surface area (Å²) in [5.41, 5.74) is 1.34. The molecule has 6 nitrogen and oxygen atoms in total. The number of aryl methyl sites for hydroxylation is 2. The maximum atomic E-state index is 5.54. The fourth-order valence-corrected chi connectivity index (χ4v) is 3.00. The molecule has 20 heavy (non-hydrogen) atoms. The molecule has 3 heterocycles. The van der Waals surface area contributed by atoms with Crippen LogP contribution in [-0.2, 0) is 7.05 Å². The first-order valence-corrected chi connectivity index (χ1v) is 7.17. The van der Waals surface area contributed by atoms with Crippen LogP contribution >= 0.6 is 0 Å². The van der Waals surface area contributed by atoms with Crippen molar-refractivity contribution in [1.82, 2.24) is 24.9 Å². The van der Waals surface area contributed by atoms with Gasteiger partial charge in [0.1, 0.15) is 0 Å². The number of likely N-dealkylation sites (tertiary alicyclic amines) is 1. The maximum Gasteiger partial charge on any atom is 0.233 e. The highest BCUT2D eigenvalue weighted by atomic mass is 16.4. The average molecular weight is 275 g/mol. The van der Waals surface area contributed by atoms with E-state index in [2.05, 4.69) is 33.2 Å². The van der Waals surface area contributed by atoms with Gasteiger partial charge in [0.05, 0.1) is 6.04 Å². The molecular weight excluding hydrogens is 254 g/mol. The van der Waals surface area contributed by atoms with Gasteiger partial charge in [-0.25, -0.2) is 0 Å². The van der Waals surface area contributed by atoms with Crippen LogP contribution in [0.2, 0.25) is 0 Å². The van der Waals surface area contributed by atoms with Gasteiger partial charge in [0.2, 0.25) is 11.8 Å². The molecule has 0 spiro atoms. The van der Waals surface area contributed by atoms with Gasteiger partial charge in [-0.2, -0.15) is 5.10 Å². The van der Waals surface area contributed by atoms with E-state index >= 15 is 0 Å². The molecule has 3 rings (SSSR count). The fraction of sp³-hybridized carbons (Fsp3) is 0.643. The average Bonchev–Trinajstić information content (AvgIpc) is 3.07. The maximum absolute atomic E-state index is 5.54. The number of rotatable bonds is 3. The van der Waals surface area contributed by atoms with Crippen LogP contribution in [-0.4, -0.2) is 38.0 Å². The Hall–Kier alpha value is -1.69. The number of hydrogen-bond acceptors (Lipinski definition) is 5. The third-order valence-electron chi connectivity index (χ3n) is 4.25. The molecule has 0 amide bonds. The minimum absolute atomic E-state index is 0.198. The van der Waals surface area contributed by atoms with Crippen molar-refractivity contribution >= 4 is 0 Å². The molecule has 2 aromatic rings. The van der Waals surface area contributed by atoms with E-state index in [0.717, 1.165) is 31.8 Å². The molecule has 2 aromatic heterocycles. The van der Waals surface area contributed by atoms with Gasteiger partial charge < -0.3 is 4.42 Å². The first-order chi connectivity index (χ1) is 9.65. The molecular formula is C14H21N5O. The van der Waals surface area contributed by atoms with Crippen molar-refractivity contribution in [3.63, 3.8) is 0 Å². The summed E-state index contributed by atoms with van der Waals surface area (Å²) in [5.74, 6) is 1.97. The van der Waals surface area contributed by atoms with E-state index in [1.807, 2.05) is 24.9 Å². The van der Waals surface area contributed by atoms with Crippen molar-refractivity contribution in [2.75, 3.05) is 13.1 Å². The normalized spacial score (nSPS) is 19.4. The van der Waals surface area contributed by atoms with Crippen LogP contribution in [0.3, 0.4) is 0 Å². The quantitative estimate of drug-likeness (QED) is 0.858. The first kappa shape index (κ1) is 13.3. The minimum atomic E-state index is 0.198. The predicted molar refractivity (Wildman–Crippen MR) is 74.2 cm³/mol. The van der Waals surface area contributed by atoms with E-state index in [-0.39, 0.29) is 6.04 Å². The van der Waals surface area contributed by atoms with E-state index in [1.54, 1.807) is 0 Å². The Kier molecular flexibility index (Phi) is 3.56. The second-order valence-electron chi connectivity index (χ2n) is 5.53. The lowest BCUT2D eigenvalue weighted by atomic mass is 9.92. The van der Waals surface area contributed by atoms with Crippen LogP contribution in [0.15, 0.2) is 16.7 Å². The molecule has 1 aliphatic rings. The van der Waals surface area contributed by atoms with Gasteiger partial charge >= 0.3 is 0 Å². The van der Waals surface area contributed by atoms with Crippen LogP contribution in [0.25, 0.3) is 0 Å². The SMILES string of the molecule is Cc1nnc([C@H](C)N2CCC(c3ccnn3C)CC2)o1. The van der Waals surface area contributed by atoms with E-state index in [9.17, 15) is 0 Å². The second-order valence-corrected chi connectivity index (χ2v) is 5.53. The van der Waals surface area contributed by atoms with E-state index in [4.69, 9.17) is 4.42 Å². The number of hydrogen-bond donors (Lipinski definition) is 0. The molecule has 0 unspecified atom stereocenters. The van der Waals surface area contributed by atoms with E-state index < -0.39 is 0 Å². The summed E-state index contributed by atoms with van der Waals surface area (Å²) in [6.07, 6.45) is 4.18. The third kappa shape index (κ3) is 2.47. The fourth-order valence-electron chi connectivity index (χ4n) is 3.00. The molecule has 1 aliphatic heterocycles. The predicted octanol–water partition coefficient (Wildman–Crippen LogP) is 2.05. The Morgan fingerprint density at radius 3 is 2.60 bits per heavy atom. The zero-order chi connectivity index (χ0) is 14.1. The highest BCUT2D eigenvalue weighted by molar-refractivity contribution is 5.09. The van der Waals surface area contributed by atoms with Crippen molar-refractivity contribution in [3.8, 4) is 0 Å². The van der Waals surface area contributed by atoms with Gasteiger partial charge in [-0.3, -0.25) is 9.58 Å². The summed E-state index contributed by atoms with van der Waals surface area (Å²) in [6.45, 7) is 6.08. The van der Waals surface area contributed by atoms with E-state index in [1.165, 1.54) is 5.69 Å². The van der Waals surface area contributed by atoms with Crippen LogP contribution in [0.1, 0.15) is 49.2 Å². The van der Waals surface area contributed by atoms with Crippen molar-refractivity contribution in [2.45, 2.75) is 38.6 Å². The highest BCUT2D eigenvalue weighted by Gasteiger charge is 2.27. The standard InChI is InChI=1S/C14H21N5O/c1-10(14-17-16-11(2)20-14)19-8-5-12(6-9-19)13-4-7-15-18(13)3/h4,7,10,12H,5-6,8-9H2,1-3H3/t10-/m0/s1. The molecule has 0 radical (unpaired) electrons. The van der Waals surface area contributed by atoms with Crippen molar-refractivity contribution in [1.29, 1.82) is 0 Å². The summed E-state index contributed by atoms with van der Waals surface area (Å²) in [4.78, 5) is 2.42. The largest absolute Gasteiger partial charge is 0.424 e. The molecule has 1 atom stereocenters. The monoisotopic (exact) mass is 275 g/mol. The van der Waals surface area contributed by atoms with E-state index in [0.29, 0.717) is 11.8 Å². The topological polar surface area (TPSA) is 60.0 Å². The number of aromatic nitrogens is 4. The lowest BCUT2D eigenvalue weighted by Gasteiger charge is -2.34. The molecule has 0 N–H and O–H groups in total. The zero-order valence-electron chi connectivity index (χ0n) is 12.3. The lowest BCUT2D eigenvalue weighted by molar-refractivity contribution is 0.140. The number of piperidine rings is 1. The lowest BCUT2D eigenvalue weighted by Crippen LogP contribution is -2.35. The van der Waals surface area contributed by atoms with Crippen LogP contribution < -0.4 is 0 Å². The van der Waals surface area contributed by atoms with Crippen molar-refractivity contribution < 1.29 is 4.42 Å². The van der Waals surface area contributed by atoms with Gasteiger partial charge in [0.15, 0.2) is 0 Å². The van der Waals surface area contributed by atoms with Gasteiger partial charge in [-0.1, -0.05) is 0 Å². The van der Waals surface area contributed by atoms with Crippen LogP contribution in [0, 0.1) is 6.92 Å². The molecule has 1 fully saturated rings. The smallest absolute Gasteiger partial charge is 0.233 e. The molecule has 0 saturated carbocycles. The zero-order valence-corrected chi connectivity index (χ0v) is 12.3. The Bertz CT molecular complexity index is 568. The third-order valence-corrected chi connectivity index (χ3v) is 4.25. The van der Waals surface area contributed by atoms with Gasteiger partial charge in [-0.15, -0.1) is 10.2 Å². The summed E-state index contributed by atoms with van der Waals surface area (Å²) < 4.78 is 7.53. The van der Waals surface area contributed by atoms with Crippen molar-refractivity contribution in [3.05, 3.63) is 29.7 Å². The number of nitrogens with zero attached hydrogens (tertiary/aromatic N) is 5. The molecule has 108 valence electrons. The van der Waals surface area contributed by atoms with Crippen LogP contribution in [0.5, 0.6) is 0 Å². The minimum Gasteiger partial charge on any atom is -0.424 e. The summed E-state index contributed by atoms with van der Waals surface area (Å²) in [6, 6.07) is 2.33. The molecule has 0 aromatic carbocycles. The Morgan fingerprint density at radius 2 is 2.05 bits per heavy atom. The van der Waals surface area contributed by atoms with Crippen molar-refractivity contribution in [2.24, 2.45) is 7.05 Å². The molecule has 6 heteroatoms. The molecule has 0 aliphatic carbocycles. The second kappa shape index (κ2) is 5.36. The highest BCUT2D eigenvalue weighted by Crippen LogP contribution is 2.31. The Morgan fingerprint density at radius 1 is 1.30 bits per heavy atom. The first-order valence-electron chi connectivity index (χ1n) is 7.17. The van der Waals surface area contributed by atoms with Gasteiger partial charge in [-0.05, 0) is 38.9 Å². The summed E-state index contributed by atoms with van der Waals surface area (Å²) in [7, 11) is 2.02. The molecule has 0 bridgehead atoms. The summed E-state index contributed by atoms with van der Waals surface area (Å²) in [5, 5.41) is 12.3. The Balaban J connectivity index is 1.62.